The smallest absolute Gasteiger partial charge is 0.250 e. The molecule has 1 aromatic heterocycles. The number of amides is 1. The average Bonchev–Trinajstić information content (AvgIpc) is 2.92. The number of aryl methyl sites for hydroxylation is 2. The Morgan fingerprint density at radius 3 is 2.57 bits per heavy atom. The second-order valence-electron chi connectivity index (χ2n) is 5.57. The Morgan fingerprint density at radius 1 is 1.24 bits per heavy atom. The molecule has 2 aromatic rings. The fraction of sp³-hybridized carbons (Fsp3) is 0.389. The number of carbonyl (C=O) groups excluding carboxylic acids is 1. The summed E-state index contributed by atoms with van der Waals surface area (Å²) < 4.78 is 2.19. The van der Waals surface area contributed by atoms with Crippen LogP contribution in [0.4, 0.5) is 0 Å². The first-order chi connectivity index (χ1) is 10.1. The molecule has 112 valence electrons. The van der Waals surface area contributed by atoms with E-state index in [0.29, 0.717) is 11.5 Å². The van der Waals surface area contributed by atoms with Crippen LogP contribution in [-0.2, 0) is 13.0 Å². The summed E-state index contributed by atoms with van der Waals surface area (Å²) >= 11 is 0. The van der Waals surface area contributed by atoms with Crippen LogP contribution in [0.15, 0.2) is 42.6 Å². The predicted molar refractivity (Wildman–Crippen MR) is 86.4 cm³/mol. The number of hydrogen-bond acceptors (Lipinski definition) is 1. The maximum atomic E-state index is 11.6. The molecule has 0 aliphatic carbocycles. The van der Waals surface area contributed by atoms with E-state index in [1.54, 1.807) is 0 Å². The lowest BCUT2D eigenvalue weighted by Crippen LogP contribution is -2.16. The molecular weight excluding hydrogens is 260 g/mol. The molecule has 0 aliphatic heterocycles. The number of hydrogen-bond donors (Lipinski definition) is 1. The molecule has 0 spiro atoms. The minimum Gasteiger partial charge on any atom is -0.366 e. The standard InChI is InChI=1S/C18H24N2O/c1-3-14(2)17-16(18(19)21)11-13-20(17)12-7-10-15-8-5-4-6-9-15/h4-6,8-9,11,13-14H,3,7,10,12H2,1-2H3,(H2,19,21). The minimum atomic E-state index is -0.327. The van der Waals surface area contributed by atoms with Crippen molar-refractivity contribution in [1.82, 2.24) is 4.57 Å². The topological polar surface area (TPSA) is 48.0 Å². The highest BCUT2D eigenvalue weighted by Crippen LogP contribution is 2.24. The molecule has 21 heavy (non-hydrogen) atoms. The van der Waals surface area contributed by atoms with E-state index in [2.05, 4.69) is 42.7 Å². The van der Waals surface area contributed by atoms with Crippen molar-refractivity contribution in [3.05, 3.63) is 59.4 Å². The number of nitrogens with two attached hydrogens (primary N) is 1. The summed E-state index contributed by atoms with van der Waals surface area (Å²) in [5.74, 6) is 0.0198. The summed E-state index contributed by atoms with van der Waals surface area (Å²) in [7, 11) is 0. The fourth-order valence-corrected chi connectivity index (χ4v) is 2.73. The number of carbonyl (C=O) groups is 1. The molecule has 3 nitrogen and oxygen atoms in total. The van der Waals surface area contributed by atoms with E-state index in [0.717, 1.165) is 31.5 Å². The van der Waals surface area contributed by atoms with Crippen LogP contribution < -0.4 is 5.73 Å². The van der Waals surface area contributed by atoms with E-state index in [9.17, 15) is 4.79 Å². The van der Waals surface area contributed by atoms with Crippen LogP contribution in [0.3, 0.4) is 0 Å². The fourth-order valence-electron chi connectivity index (χ4n) is 2.73. The van der Waals surface area contributed by atoms with Crippen LogP contribution in [0.2, 0.25) is 0 Å². The molecule has 1 unspecified atom stereocenters. The van der Waals surface area contributed by atoms with E-state index in [1.165, 1.54) is 5.56 Å². The summed E-state index contributed by atoms with van der Waals surface area (Å²) in [6, 6.07) is 12.3. The van der Waals surface area contributed by atoms with E-state index >= 15 is 0 Å². The van der Waals surface area contributed by atoms with Gasteiger partial charge in [-0.25, -0.2) is 0 Å². The lowest BCUT2D eigenvalue weighted by atomic mass is 10.0. The monoisotopic (exact) mass is 284 g/mol. The third-order valence-corrected chi connectivity index (χ3v) is 4.06. The van der Waals surface area contributed by atoms with E-state index in [1.807, 2.05) is 18.3 Å². The van der Waals surface area contributed by atoms with Gasteiger partial charge in [-0.15, -0.1) is 0 Å². The highest BCUT2D eigenvalue weighted by atomic mass is 16.1. The summed E-state index contributed by atoms with van der Waals surface area (Å²) in [6.45, 7) is 5.20. The van der Waals surface area contributed by atoms with Crippen LogP contribution >= 0.6 is 0 Å². The Hall–Kier alpha value is -2.03. The third-order valence-electron chi connectivity index (χ3n) is 4.06. The SMILES string of the molecule is CCC(C)c1c(C(N)=O)ccn1CCCc1ccccc1. The van der Waals surface area contributed by atoms with Crippen molar-refractivity contribution in [2.24, 2.45) is 5.73 Å². The predicted octanol–water partition coefficient (Wildman–Crippen LogP) is 3.73. The van der Waals surface area contributed by atoms with Gasteiger partial charge in [-0.2, -0.15) is 0 Å². The van der Waals surface area contributed by atoms with Gasteiger partial charge in [0.1, 0.15) is 0 Å². The Balaban J connectivity index is 2.07. The van der Waals surface area contributed by atoms with Crippen LogP contribution in [0.25, 0.3) is 0 Å². The number of primary amides is 1. The second-order valence-corrected chi connectivity index (χ2v) is 5.57. The molecule has 1 heterocycles. The third kappa shape index (κ3) is 3.75. The maximum absolute atomic E-state index is 11.6. The summed E-state index contributed by atoms with van der Waals surface area (Å²) in [5.41, 5.74) is 8.59. The van der Waals surface area contributed by atoms with Crippen LogP contribution in [-0.4, -0.2) is 10.5 Å². The molecular formula is C18H24N2O. The van der Waals surface area contributed by atoms with Gasteiger partial charge in [-0.1, -0.05) is 44.2 Å². The Kier molecular flexibility index (Phi) is 5.20. The van der Waals surface area contributed by atoms with Crippen LogP contribution in [0, 0.1) is 0 Å². The highest BCUT2D eigenvalue weighted by molar-refractivity contribution is 5.94. The van der Waals surface area contributed by atoms with Crippen molar-refractivity contribution >= 4 is 5.91 Å². The zero-order valence-corrected chi connectivity index (χ0v) is 12.9. The van der Waals surface area contributed by atoms with Crippen LogP contribution in [0.5, 0.6) is 0 Å². The first kappa shape index (κ1) is 15.4. The number of nitrogens with zero attached hydrogens (tertiary/aromatic N) is 1. The zero-order valence-electron chi connectivity index (χ0n) is 12.9. The molecule has 1 amide bonds. The van der Waals surface area contributed by atoms with Gasteiger partial charge in [0, 0.05) is 18.4 Å². The number of aromatic nitrogens is 1. The number of benzene rings is 1. The summed E-state index contributed by atoms with van der Waals surface area (Å²) in [5, 5.41) is 0. The van der Waals surface area contributed by atoms with Gasteiger partial charge in [0.25, 0.3) is 5.91 Å². The average molecular weight is 284 g/mol. The molecule has 3 heteroatoms. The Labute approximate surface area is 126 Å². The van der Waals surface area contributed by atoms with Crippen LogP contribution in [0.1, 0.15) is 54.2 Å². The second kappa shape index (κ2) is 7.11. The normalized spacial score (nSPS) is 12.3. The molecule has 1 aromatic carbocycles. The van der Waals surface area contributed by atoms with Gasteiger partial charge in [0.15, 0.2) is 0 Å². The first-order valence-corrected chi connectivity index (χ1v) is 7.66. The molecule has 2 rings (SSSR count). The van der Waals surface area contributed by atoms with Crippen molar-refractivity contribution in [2.45, 2.75) is 45.6 Å². The largest absolute Gasteiger partial charge is 0.366 e. The van der Waals surface area contributed by atoms with Gasteiger partial charge in [0.05, 0.1) is 5.56 Å². The van der Waals surface area contributed by atoms with Crippen molar-refractivity contribution in [2.75, 3.05) is 0 Å². The van der Waals surface area contributed by atoms with E-state index in [-0.39, 0.29) is 5.91 Å². The van der Waals surface area contributed by atoms with Gasteiger partial charge < -0.3 is 10.3 Å². The van der Waals surface area contributed by atoms with Gasteiger partial charge >= 0.3 is 0 Å². The molecule has 0 fully saturated rings. The van der Waals surface area contributed by atoms with Gasteiger partial charge in [-0.3, -0.25) is 4.79 Å². The van der Waals surface area contributed by atoms with Crippen molar-refractivity contribution in [3.8, 4) is 0 Å². The van der Waals surface area contributed by atoms with E-state index < -0.39 is 0 Å². The lowest BCUT2D eigenvalue weighted by molar-refractivity contribution is 0.0998. The first-order valence-electron chi connectivity index (χ1n) is 7.66. The van der Waals surface area contributed by atoms with Gasteiger partial charge in [0.2, 0.25) is 0 Å². The van der Waals surface area contributed by atoms with Crippen molar-refractivity contribution in [3.63, 3.8) is 0 Å². The highest BCUT2D eigenvalue weighted by Gasteiger charge is 2.17. The molecule has 0 aliphatic rings. The summed E-state index contributed by atoms with van der Waals surface area (Å²) in [4.78, 5) is 11.6. The maximum Gasteiger partial charge on any atom is 0.250 e. The quantitative estimate of drug-likeness (QED) is 0.827. The number of rotatable bonds is 7. The molecule has 2 N–H and O–H groups in total. The molecule has 0 bridgehead atoms. The lowest BCUT2D eigenvalue weighted by Gasteiger charge is -2.16. The minimum absolute atomic E-state index is 0.327. The van der Waals surface area contributed by atoms with Crippen molar-refractivity contribution < 1.29 is 4.79 Å². The summed E-state index contributed by atoms with van der Waals surface area (Å²) in [6.07, 6.45) is 5.10. The Bertz CT molecular complexity index is 587. The molecule has 0 saturated carbocycles. The van der Waals surface area contributed by atoms with E-state index in [4.69, 9.17) is 5.73 Å². The van der Waals surface area contributed by atoms with Crippen molar-refractivity contribution in [1.29, 1.82) is 0 Å². The Morgan fingerprint density at radius 2 is 1.95 bits per heavy atom. The van der Waals surface area contributed by atoms with Gasteiger partial charge in [-0.05, 0) is 36.8 Å². The molecule has 0 saturated heterocycles. The molecule has 0 radical (unpaired) electrons. The molecule has 1 atom stereocenters. The zero-order chi connectivity index (χ0) is 15.2.